The molecule has 4 rings (SSSR count). The molecule has 1 unspecified atom stereocenters. The number of ether oxygens (including phenoxy) is 3. The molecule has 0 spiro atoms. The molecule has 1 aromatic heterocycles. The number of methoxy groups -OCH3 is 1. The molecule has 1 atom stereocenters. The Morgan fingerprint density at radius 2 is 1.78 bits per heavy atom. The number of benzene rings is 2. The topological polar surface area (TPSA) is 98.4 Å². The molecular formula is C28H29NO7. The number of carbonyl (C=O) groups is 2. The van der Waals surface area contributed by atoms with E-state index in [0.29, 0.717) is 42.0 Å². The number of amides is 1. The third-order valence-electron chi connectivity index (χ3n) is 5.88. The van der Waals surface area contributed by atoms with Crippen molar-refractivity contribution in [3.63, 3.8) is 0 Å². The van der Waals surface area contributed by atoms with Crippen molar-refractivity contribution in [2.24, 2.45) is 0 Å². The van der Waals surface area contributed by atoms with Crippen molar-refractivity contribution in [2.45, 2.75) is 33.4 Å². The maximum Gasteiger partial charge on any atom is 0.296 e. The summed E-state index contributed by atoms with van der Waals surface area (Å²) in [6, 6.07) is 14.7. The van der Waals surface area contributed by atoms with Crippen LogP contribution in [0.15, 0.2) is 64.6 Å². The fourth-order valence-corrected chi connectivity index (χ4v) is 4.28. The summed E-state index contributed by atoms with van der Waals surface area (Å²) in [5.74, 6) is 0.655. The first-order chi connectivity index (χ1) is 17.4. The molecule has 1 amide bonds. The van der Waals surface area contributed by atoms with Gasteiger partial charge in [0.1, 0.15) is 40.6 Å². The monoisotopic (exact) mass is 491 g/mol. The maximum atomic E-state index is 13.3. The van der Waals surface area contributed by atoms with Crippen LogP contribution in [0.25, 0.3) is 5.76 Å². The molecule has 36 heavy (non-hydrogen) atoms. The summed E-state index contributed by atoms with van der Waals surface area (Å²) < 4.78 is 22.4. The number of nitrogens with zero attached hydrogens (tertiary/aromatic N) is 1. The van der Waals surface area contributed by atoms with Gasteiger partial charge in [-0.05, 0) is 62.7 Å². The first-order valence-electron chi connectivity index (χ1n) is 11.8. The summed E-state index contributed by atoms with van der Waals surface area (Å²) >= 11 is 0. The number of aliphatic hydroxyl groups is 1. The quantitative estimate of drug-likeness (QED) is 0.255. The van der Waals surface area contributed by atoms with Crippen LogP contribution in [0.1, 0.15) is 42.5 Å². The van der Waals surface area contributed by atoms with E-state index in [-0.39, 0.29) is 23.4 Å². The SMILES string of the molecule is CCOc1ccc(/C(O)=C2/C(=O)C(=O)N(Cc3cccc(OC)c3)C2c2ccc(C)o2)c(OCC)c1. The number of aryl methyl sites for hydroxylation is 1. The standard InChI is InChI=1S/C28H29NO7/c1-5-34-20-11-12-21(23(15-20)35-6-2)26(30)24-25(22-13-10-17(3)36-22)29(28(32)27(24)31)16-18-8-7-9-19(14-18)33-4/h7-15,25,30H,5-6,16H2,1-4H3/b26-24-. The van der Waals surface area contributed by atoms with Crippen molar-refractivity contribution >= 4 is 17.4 Å². The van der Waals surface area contributed by atoms with Gasteiger partial charge in [-0.2, -0.15) is 0 Å². The van der Waals surface area contributed by atoms with Crippen molar-refractivity contribution in [1.82, 2.24) is 4.90 Å². The fraction of sp³-hybridized carbons (Fsp3) is 0.286. The Morgan fingerprint density at radius 3 is 2.44 bits per heavy atom. The molecule has 1 aliphatic heterocycles. The van der Waals surface area contributed by atoms with E-state index in [4.69, 9.17) is 18.6 Å². The van der Waals surface area contributed by atoms with Crippen LogP contribution >= 0.6 is 0 Å². The second kappa shape index (κ2) is 10.6. The Labute approximate surface area is 209 Å². The number of ketones is 1. The zero-order valence-corrected chi connectivity index (χ0v) is 20.7. The molecule has 1 saturated heterocycles. The molecule has 0 saturated carbocycles. The van der Waals surface area contributed by atoms with Gasteiger partial charge in [0.05, 0.1) is 31.5 Å². The zero-order valence-electron chi connectivity index (χ0n) is 20.7. The molecule has 8 nitrogen and oxygen atoms in total. The highest BCUT2D eigenvalue weighted by Gasteiger charge is 2.47. The number of hydrogen-bond donors (Lipinski definition) is 1. The van der Waals surface area contributed by atoms with Crippen molar-refractivity contribution in [1.29, 1.82) is 0 Å². The molecular weight excluding hydrogens is 462 g/mol. The van der Waals surface area contributed by atoms with E-state index in [2.05, 4.69) is 0 Å². The summed E-state index contributed by atoms with van der Waals surface area (Å²) in [6.45, 7) is 6.37. The van der Waals surface area contributed by atoms with Crippen molar-refractivity contribution < 1.29 is 33.3 Å². The Kier molecular flexibility index (Phi) is 7.33. The average molecular weight is 492 g/mol. The van der Waals surface area contributed by atoms with E-state index in [9.17, 15) is 14.7 Å². The number of carbonyl (C=O) groups excluding carboxylic acids is 2. The predicted octanol–water partition coefficient (Wildman–Crippen LogP) is 5.02. The van der Waals surface area contributed by atoms with E-state index in [0.717, 1.165) is 5.56 Å². The maximum absolute atomic E-state index is 13.3. The number of aliphatic hydroxyl groups excluding tert-OH is 1. The molecule has 1 fully saturated rings. The number of likely N-dealkylation sites (tertiary alicyclic amines) is 1. The third kappa shape index (κ3) is 4.79. The van der Waals surface area contributed by atoms with E-state index in [1.165, 1.54) is 4.90 Å². The van der Waals surface area contributed by atoms with Gasteiger partial charge in [0.15, 0.2) is 0 Å². The Morgan fingerprint density at radius 1 is 1.00 bits per heavy atom. The Hall–Kier alpha value is -4.20. The van der Waals surface area contributed by atoms with Gasteiger partial charge >= 0.3 is 0 Å². The smallest absolute Gasteiger partial charge is 0.296 e. The van der Waals surface area contributed by atoms with Crippen LogP contribution in [0, 0.1) is 6.92 Å². The lowest BCUT2D eigenvalue weighted by molar-refractivity contribution is -0.140. The van der Waals surface area contributed by atoms with Crippen LogP contribution in [0.2, 0.25) is 0 Å². The van der Waals surface area contributed by atoms with Crippen LogP contribution in [0.4, 0.5) is 0 Å². The predicted molar refractivity (Wildman–Crippen MR) is 133 cm³/mol. The Balaban J connectivity index is 1.85. The van der Waals surface area contributed by atoms with Crippen molar-refractivity contribution in [3.8, 4) is 17.2 Å². The molecule has 2 heterocycles. The highest BCUT2D eigenvalue weighted by Crippen LogP contribution is 2.42. The Bertz CT molecular complexity index is 1310. The number of hydrogen-bond acceptors (Lipinski definition) is 7. The highest BCUT2D eigenvalue weighted by molar-refractivity contribution is 6.46. The lowest BCUT2D eigenvalue weighted by Crippen LogP contribution is -2.29. The largest absolute Gasteiger partial charge is 0.507 e. The first kappa shape index (κ1) is 24.9. The van der Waals surface area contributed by atoms with Gasteiger partial charge in [0, 0.05) is 12.6 Å². The molecule has 0 radical (unpaired) electrons. The molecule has 2 aromatic carbocycles. The molecule has 188 valence electrons. The van der Waals surface area contributed by atoms with Crippen LogP contribution < -0.4 is 14.2 Å². The second-order valence-corrected chi connectivity index (χ2v) is 8.25. The van der Waals surface area contributed by atoms with Gasteiger partial charge in [0.2, 0.25) is 0 Å². The van der Waals surface area contributed by atoms with Crippen molar-refractivity contribution in [2.75, 3.05) is 20.3 Å². The van der Waals surface area contributed by atoms with E-state index < -0.39 is 17.7 Å². The lowest BCUT2D eigenvalue weighted by atomic mass is 9.98. The number of rotatable bonds is 9. The third-order valence-corrected chi connectivity index (χ3v) is 5.88. The normalized spacial score (nSPS) is 16.9. The summed E-state index contributed by atoms with van der Waals surface area (Å²) in [5, 5.41) is 11.4. The van der Waals surface area contributed by atoms with Gasteiger partial charge in [-0.3, -0.25) is 9.59 Å². The minimum absolute atomic E-state index is 0.0673. The summed E-state index contributed by atoms with van der Waals surface area (Å²) in [7, 11) is 1.56. The molecule has 1 N–H and O–H groups in total. The van der Waals surface area contributed by atoms with Gasteiger partial charge in [-0.15, -0.1) is 0 Å². The highest BCUT2D eigenvalue weighted by atomic mass is 16.5. The van der Waals surface area contributed by atoms with Gasteiger partial charge < -0.3 is 28.6 Å². The summed E-state index contributed by atoms with van der Waals surface area (Å²) in [5.41, 5.74) is 0.982. The minimum Gasteiger partial charge on any atom is -0.507 e. The first-order valence-corrected chi connectivity index (χ1v) is 11.8. The number of Topliss-reactive ketones (excluding diaryl/α,β-unsaturated/α-hetero) is 1. The lowest BCUT2D eigenvalue weighted by Gasteiger charge is -2.24. The summed E-state index contributed by atoms with van der Waals surface area (Å²) in [6.07, 6.45) is 0. The minimum atomic E-state index is -0.925. The second-order valence-electron chi connectivity index (χ2n) is 8.25. The molecule has 0 aliphatic carbocycles. The van der Waals surface area contributed by atoms with Crippen molar-refractivity contribution in [3.05, 3.63) is 82.8 Å². The average Bonchev–Trinajstić information content (AvgIpc) is 3.40. The summed E-state index contributed by atoms with van der Waals surface area (Å²) in [4.78, 5) is 28.0. The zero-order chi connectivity index (χ0) is 25.8. The number of furan rings is 1. The van der Waals surface area contributed by atoms with Gasteiger partial charge in [-0.25, -0.2) is 0 Å². The van der Waals surface area contributed by atoms with Crippen LogP contribution in [-0.2, 0) is 16.1 Å². The van der Waals surface area contributed by atoms with Gasteiger partial charge in [-0.1, -0.05) is 12.1 Å². The van der Waals surface area contributed by atoms with E-state index in [1.807, 2.05) is 26.0 Å². The molecule has 3 aromatic rings. The van der Waals surface area contributed by atoms with Gasteiger partial charge in [0.25, 0.3) is 11.7 Å². The van der Waals surface area contributed by atoms with E-state index in [1.54, 1.807) is 56.5 Å². The van der Waals surface area contributed by atoms with E-state index >= 15 is 0 Å². The fourth-order valence-electron chi connectivity index (χ4n) is 4.28. The molecule has 8 heteroatoms. The molecule has 1 aliphatic rings. The van der Waals surface area contributed by atoms with Crippen LogP contribution in [0.3, 0.4) is 0 Å². The van der Waals surface area contributed by atoms with Crippen LogP contribution in [0.5, 0.6) is 17.2 Å². The molecule has 0 bridgehead atoms. The van der Waals surface area contributed by atoms with Crippen LogP contribution in [-0.4, -0.2) is 42.0 Å².